The maximum absolute atomic E-state index is 11.5. The molecule has 2 heterocycles. The fraction of sp³-hybridized carbons (Fsp3) is 0.316. The molecule has 0 spiro atoms. The van der Waals surface area contributed by atoms with Gasteiger partial charge < -0.3 is 15.8 Å². The molecule has 3 rings (SSSR count). The maximum Gasteiger partial charge on any atom is 0.269 e. The standard InChI is InChI=1S/C14H12N4O2S.C3H8.C2H6/c1-16-13(19)11-6-9(4-5-17-11)20-8-2-3-10-12(7-8)21-14(15)18-10;1-3-2;1-2/h2-7H,1H3,(H2,15,18)(H,16,19);3H2,1-2H3;1-2H3. The lowest BCUT2D eigenvalue weighted by molar-refractivity contribution is 0.0958. The van der Waals surface area contributed by atoms with Crippen molar-refractivity contribution in [2.24, 2.45) is 0 Å². The van der Waals surface area contributed by atoms with Crippen LogP contribution >= 0.6 is 11.3 Å². The minimum absolute atomic E-state index is 0.258. The average Bonchev–Trinajstić information content (AvgIpc) is 3.03. The summed E-state index contributed by atoms with van der Waals surface area (Å²) in [6.45, 7) is 8.25. The summed E-state index contributed by atoms with van der Waals surface area (Å²) in [7, 11) is 1.56. The van der Waals surface area contributed by atoms with Gasteiger partial charge in [0, 0.05) is 25.4 Å². The number of ether oxygens (including phenoxy) is 1. The number of nitrogens with zero attached hydrogens (tertiary/aromatic N) is 2. The smallest absolute Gasteiger partial charge is 0.269 e. The van der Waals surface area contributed by atoms with Gasteiger partial charge in [-0.15, -0.1) is 0 Å². The molecule has 0 aliphatic heterocycles. The van der Waals surface area contributed by atoms with Crippen molar-refractivity contribution in [1.82, 2.24) is 15.3 Å². The summed E-state index contributed by atoms with van der Waals surface area (Å²) in [6, 6.07) is 8.80. The van der Waals surface area contributed by atoms with E-state index in [2.05, 4.69) is 29.1 Å². The van der Waals surface area contributed by atoms with E-state index in [9.17, 15) is 4.79 Å². The summed E-state index contributed by atoms with van der Waals surface area (Å²) in [6.07, 6.45) is 2.78. The lowest BCUT2D eigenvalue weighted by Crippen LogP contribution is -2.18. The summed E-state index contributed by atoms with van der Waals surface area (Å²) in [5.74, 6) is 0.937. The van der Waals surface area contributed by atoms with E-state index in [1.54, 1.807) is 19.2 Å². The number of rotatable bonds is 3. The van der Waals surface area contributed by atoms with Crippen molar-refractivity contribution >= 4 is 32.6 Å². The van der Waals surface area contributed by atoms with E-state index in [-0.39, 0.29) is 5.91 Å². The van der Waals surface area contributed by atoms with E-state index in [4.69, 9.17) is 10.5 Å². The SMILES string of the molecule is CC.CCC.CNC(=O)c1cc(Oc2ccc3nc(N)sc3c2)ccn1. The van der Waals surface area contributed by atoms with Crippen LogP contribution in [0.25, 0.3) is 10.2 Å². The van der Waals surface area contributed by atoms with Crippen LogP contribution in [0.1, 0.15) is 44.6 Å². The maximum atomic E-state index is 11.5. The van der Waals surface area contributed by atoms with Crippen LogP contribution in [-0.4, -0.2) is 22.9 Å². The lowest BCUT2D eigenvalue weighted by Gasteiger charge is -2.06. The second-order valence-corrected chi connectivity index (χ2v) is 6.01. The summed E-state index contributed by atoms with van der Waals surface area (Å²) >= 11 is 1.40. The molecule has 0 atom stereocenters. The van der Waals surface area contributed by atoms with E-state index in [1.165, 1.54) is 24.0 Å². The van der Waals surface area contributed by atoms with Crippen LogP contribution in [0, 0.1) is 0 Å². The highest BCUT2D eigenvalue weighted by molar-refractivity contribution is 7.22. The number of benzene rings is 1. The largest absolute Gasteiger partial charge is 0.457 e. The molecule has 140 valence electrons. The molecule has 0 bridgehead atoms. The van der Waals surface area contributed by atoms with Gasteiger partial charge in [-0.1, -0.05) is 45.5 Å². The summed E-state index contributed by atoms with van der Waals surface area (Å²) in [5.41, 5.74) is 6.82. The molecule has 0 radical (unpaired) electrons. The Kier molecular flexibility index (Phi) is 9.08. The van der Waals surface area contributed by atoms with Gasteiger partial charge in [0.1, 0.15) is 17.2 Å². The monoisotopic (exact) mass is 374 g/mol. The molecule has 0 saturated carbocycles. The van der Waals surface area contributed by atoms with Crippen LogP contribution in [0.4, 0.5) is 5.13 Å². The van der Waals surface area contributed by atoms with E-state index >= 15 is 0 Å². The molecule has 0 unspecified atom stereocenters. The molecule has 1 aromatic carbocycles. The predicted octanol–water partition coefficient (Wildman–Crippen LogP) is 4.87. The molecule has 7 heteroatoms. The van der Waals surface area contributed by atoms with Crippen molar-refractivity contribution in [2.75, 3.05) is 12.8 Å². The summed E-state index contributed by atoms with van der Waals surface area (Å²) < 4.78 is 6.70. The van der Waals surface area contributed by atoms with Crippen molar-refractivity contribution in [1.29, 1.82) is 0 Å². The quantitative estimate of drug-likeness (QED) is 0.683. The number of thiazole rings is 1. The third-order valence-electron chi connectivity index (χ3n) is 2.80. The molecule has 26 heavy (non-hydrogen) atoms. The topological polar surface area (TPSA) is 90.1 Å². The zero-order valence-corrected chi connectivity index (χ0v) is 16.7. The first-order valence-corrected chi connectivity index (χ1v) is 9.41. The number of fused-ring (bicyclic) bond motifs is 1. The van der Waals surface area contributed by atoms with Crippen molar-refractivity contribution < 1.29 is 9.53 Å². The highest BCUT2D eigenvalue weighted by Gasteiger charge is 2.08. The number of hydrogen-bond acceptors (Lipinski definition) is 6. The Morgan fingerprint density at radius 3 is 2.50 bits per heavy atom. The minimum Gasteiger partial charge on any atom is -0.457 e. The number of hydrogen-bond donors (Lipinski definition) is 2. The highest BCUT2D eigenvalue weighted by Crippen LogP contribution is 2.30. The molecule has 1 amide bonds. The van der Waals surface area contributed by atoms with E-state index in [0.29, 0.717) is 22.3 Å². The van der Waals surface area contributed by atoms with E-state index in [0.717, 1.165) is 10.2 Å². The predicted molar refractivity (Wildman–Crippen MR) is 109 cm³/mol. The molecule has 2 aromatic heterocycles. The van der Waals surface area contributed by atoms with Crippen LogP contribution in [0.2, 0.25) is 0 Å². The summed E-state index contributed by atoms with van der Waals surface area (Å²) in [4.78, 5) is 19.7. The molecular formula is C19H26N4O2S. The van der Waals surface area contributed by atoms with Gasteiger partial charge in [0.25, 0.3) is 5.91 Å². The number of nitrogens with one attached hydrogen (secondary N) is 1. The first-order valence-electron chi connectivity index (χ1n) is 8.59. The molecule has 0 saturated heterocycles. The first-order chi connectivity index (χ1) is 12.6. The highest BCUT2D eigenvalue weighted by atomic mass is 32.1. The number of nitrogen functional groups attached to an aromatic ring is 1. The van der Waals surface area contributed by atoms with Crippen molar-refractivity contribution in [3.63, 3.8) is 0 Å². The van der Waals surface area contributed by atoms with Crippen LogP contribution < -0.4 is 15.8 Å². The zero-order chi connectivity index (χ0) is 19.5. The van der Waals surface area contributed by atoms with Crippen LogP contribution in [0.3, 0.4) is 0 Å². The number of amides is 1. The number of carbonyl (C=O) groups is 1. The van der Waals surface area contributed by atoms with E-state index in [1.807, 2.05) is 32.0 Å². The van der Waals surface area contributed by atoms with Gasteiger partial charge in [-0.3, -0.25) is 9.78 Å². The molecule has 0 fully saturated rings. The van der Waals surface area contributed by atoms with Crippen LogP contribution in [-0.2, 0) is 0 Å². The fourth-order valence-electron chi connectivity index (χ4n) is 1.85. The van der Waals surface area contributed by atoms with Crippen molar-refractivity contribution in [3.8, 4) is 11.5 Å². The van der Waals surface area contributed by atoms with Crippen LogP contribution in [0.15, 0.2) is 36.5 Å². The third kappa shape index (κ3) is 6.00. The molecule has 0 aliphatic rings. The Morgan fingerprint density at radius 2 is 1.85 bits per heavy atom. The van der Waals surface area contributed by atoms with E-state index < -0.39 is 0 Å². The van der Waals surface area contributed by atoms with Crippen molar-refractivity contribution in [2.45, 2.75) is 34.1 Å². The summed E-state index contributed by atoms with van der Waals surface area (Å²) in [5, 5.41) is 3.04. The van der Waals surface area contributed by atoms with Crippen LogP contribution in [0.5, 0.6) is 11.5 Å². The molecule has 0 aliphatic carbocycles. The minimum atomic E-state index is -0.258. The Bertz CT molecular complexity index is 833. The normalized spacial score (nSPS) is 9.42. The Morgan fingerprint density at radius 1 is 1.19 bits per heavy atom. The number of pyridine rings is 1. The lowest BCUT2D eigenvalue weighted by atomic mass is 10.3. The van der Waals surface area contributed by atoms with Gasteiger partial charge in [0.2, 0.25) is 0 Å². The molecule has 6 nitrogen and oxygen atoms in total. The average molecular weight is 375 g/mol. The molecule has 3 N–H and O–H groups in total. The second kappa shape index (κ2) is 11.0. The van der Waals surface area contributed by atoms with Gasteiger partial charge in [-0.2, -0.15) is 0 Å². The van der Waals surface area contributed by atoms with Gasteiger partial charge in [-0.25, -0.2) is 4.98 Å². The number of aromatic nitrogens is 2. The fourth-order valence-corrected chi connectivity index (χ4v) is 2.61. The molecule has 3 aromatic rings. The Balaban J connectivity index is 0.000000615. The van der Waals surface area contributed by atoms with Gasteiger partial charge in [-0.05, 0) is 18.2 Å². The molecular weight excluding hydrogens is 348 g/mol. The van der Waals surface area contributed by atoms with Gasteiger partial charge in [0.05, 0.1) is 10.2 Å². The Labute approximate surface area is 158 Å². The van der Waals surface area contributed by atoms with Gasteiger partial charge in [0.15, 0.2) is 5.13 Å². The number of anilines is 1. The second-order valence-electron chi connectivity index (χ2n) is 4.95. The Hall–Kier alpha value is -2.67. The zero-order valence-electron chi connectivity index (χ0n) is 15.9. The van der Waals surface area contributed by atoms with Crippen molar-refractivity contribution in [3.05, 3.63) is 42.2 Å². The number of carbonyl (C=O) groups excluding carboxylic acids is 1. The van der Waals surface area contributed by atoms with Gasteiger partial charge >= 0.3 is 0 Å². The first kappa shape index (κ1) is 21.4. The third-order valence-corrected chi connectivity index (χ3v) is 3.65. The number of nitrogens with two attached hydrogens (primary N) is 1.